The first kappa shape index (κ1) is 16.0. The molecule has 4 nitrogen and oxygen atoms in total. The fourth-order valence-corrected chi connectivity index (χ4v) is 1.86. The van der Waals surface area contributed by atoms with Crippen molar-refractivity contribution >= 4 is 25.0 Å². The van der Waals surface area contributed by atoms with Crippen molar-refractivity contribution in [1.82, 2.24) is 0 Å². The lowest BCUT2D eigenvalue weighted by atomic mass is 9.88. The van der Waals surface area contributed by atoms with Crippen molar-refractivity contribution < 1.29 is 9.59 Å². The Hall–Kier alpha value is -2.10. The first-order valence-corrected chi connectivity index (χ1v) is 6.42. The summed E-state index contributed by atoms with van der Waals surface area (Å²) in [5.41, 5.74) is 1.01. The Morgan fingerprint density at radius 2 is 1.25 bits per heavy atom. The van der Waals surface area contributed by atoms with Gasteiger partial charge >= 0.3 is 0 Å². The number of carbonyl (C=O) groups excluding carboxylic acids is 2. The Balaban J connectivity index is 3.19. The standard InChI is InChI=1S/C16H20N2O2/c1-15(2,17-8-10-19)13-6-5-7-14(12-13)16(3,4)18-9-11-20/h5-12H,1-4H3. The summed E-state index contributed by atoms with van der Waals surface area (Å²) in [6.07, 6.45) is 3.87. The van der Waals surface area contributed by atoms with Crippen molar-refractivity contribution in [3.8, 4) is 0 Å². The summed E-state index contributed by atoms with van der Waals surface area (Å²) in [7, 11) is 0. The van der Waals surface area contributed by atoms with Crippen LogP contribution in [-0.2, 0) is 20.7 Å². The van der Waals surface area contributed by atoms with E-state index in [1.54, 1.807) is 0 Å². The van der Waals surface area contributed by atoms with Gasteiger partial charge in [0.1, 0.15) is 0 Å². The van der Waals surface area contributed by atoms with Gasteiger partial charge in [-0.3, -0.25) is 19.6 Å². The number of hydrogen-bond acceptors (Lipinski definition) is 4. The second kappa shape index (κ2) is 6.37. The second-order valence-corrected chi connectivity index (χ2v) is 5.53. The molecule has 0 heterocycles. The number of rotatable bonds is 6. The molecule has 0 radical (unpaired) electrons. The van der Waals surface area contributed by atoms with Crippen LogP contribution in [0.25, 0.3) is 0 Å². The quantitative estimate of drug-likeness (QED) is 0.590. The second-order valence-electron chi connectivity index (χ2n) is 5.53. The average molecular weight is 272 g/mol. The van der Waals surface area contributed by atoms with Gasteiger partial charge in [-0.25, -0.2) is 0 Å². The van der Waals surface area contributed by atoms with E-state index in [2.05, 4.69) is 9.98 Å². The molecule has 0 unspecified atom stereocenters. The van der Waals surface area contributed by atoms with Gasteiger partial charge in [-0.2, -0.15) is 0 Å². The monoisotopic (exact) mass is 272 g/mol. The van der Waals surface area contributed by atoms with Gasteiger partial charge in [0.15, 0.2) is 12.6 Å². The fraction of sp³-hybridized carbons (Fsp3) is 0.375. The molecule has 0 saturated carbocycles. The normalized spacial score (nSPS) is 13.0. The number of aliphatic imine (C=N–C) groups is 2. The van der Waals surface area contributed by atoms with Gasteiger partial charge in [0.25, 0.3) is 0 Å². The van der Waals surface area contributed by atoms with E-state index in [1.165, 1.54) is 12.4 Å². The Labute approximate surface area is 119 Å². The maximum Gasteiger partial charge on any atom is 0.160 e. The number of nitrogens with zero attached hydrogens (tertiary/aromatic N) is 2. The van der Waals surface area contributed by atoms with E-state index in [9.17, 15) is 9.59 Å². The summed E-state index contributed by atoms with van der Waals surface area (Å²) in [6.45, 7) is 7.75. The Morgan fingerprint density at radius 1 is 0.850 bits per heavy atom. The predicted molar refractivity (Wildman–Crippen MR) is 81.6 cm³/mol. The van der Waals surface area contributed by atoms with Crippen LogP contribution in [0.5, 0.6) is 0 Å². The summed E-state index contributed by atoms with van der Waals surface area (Å²) >= 11 is 0. The molecule has 0 atom stereocenters. The Bertz CT molecular complexity index is 498. The largest absolute Gasteiger partial charge is 0.297 e. The number of benzene rings is 1. The highest BCUT2D eigenvalue weighted by Gasteiger charge is 2.23. The molecule has 0 aliphatic carbocycles. The van der Waals surface area contributed by atoms with Gasteiger partial charge < -0.3 is 0 Å². The predicted octanol–water partition coefficient (Wildman–Crippen LogP) is 2.70. The van der Waals surface area contributed by atoms with Crippen molar-refractivity contribution in [3.63, 3.8) is 0 Å². The summed E-state index contributed by atoms with van der Waals surface area (Å²) in [5, 5.41) is 0. The highest BCUT2D eigenvalue weighted by molar-refractivity contribution is 6.13. The van der Waals surface area contributed by atoms with Crippen LogP contribution >= 0.6 is 0 Å². The average Bonchev–Trinajstić information content (AvgIpc) is 2.43. The third-order valence-corrected chi connectivity index (χ3v) is 3.19. The molecule has 0 N–H and O–H groups in total. The van der Waals surface area contributed by atoms with Crippen LogP contribution in [0.3, 0.4) is 0 Å². The Kier molecular flexibility index (Phi) is 5.08. The molecule has 106 valence electrons. The summed E-state index contributed by atoms with van der Waals surface area (Å²) < 4.78 is 0. The zero-order valence-electron chi connectivity index (χ0n) is 12.3. The molecule has 20 heavy (non-hydrogen) atoms. The third kappa shape index (κ3) is 3.95. The first-order chi connectivity index (χ1) is 9.33. The van der Waals surface area contributed by atoms with Crippen LogP contribution in [0.2, 0.25) is 0 Å². The van der Waals surface area contributed by atoms with Crippen LogP contribution in [0.15, 0.2) is 34.3 Å². The number of carbonyl (C=O) groups is 2. The van der Waals surface area contributed by atoms with E-state index in [0.29, 0.717) is 12.6 Å². The highest BCUT2D eigenvalue weighted by Crippen LogP contribution is 2.30. The topological polar surface area (TPSA) is 58.9 Å². The van der Waals surface area contributed by atoms with E-state index < -0.39 is 11.1 Å². The van der Waals surface area contributed by atoms with Crippen LogP contribution in [0, 0.1) is 0 Å². The maximum atomic E-state index is 10.4. The minimum absolute atomic E-state index is 0.485. The molecule has 0 aliphatic heterocycles. The van der Waals surface area contributed by atoms with E-state index >= 15 is 0 Å². The molecule has 0 bridgehead atoms. The molecule has 0 aromatic heterocycles. The lowest BCUT2D eigenvalue weighted by Gasteiger charge is -2.25. The van der Waals surface area contributed by atoms with Crippen molar-refractivity contribution in [3.05, 3.63) is 35.4 Å². The van der Waals surface area contributed by atoms with Crippen molar-refractivity contribution in [1.29, 1.82) is 0 Å². The molecule has 0 fully saturated rings. The first-order valence-electron chi connectivity index (χ1n) is 6.42. The van der Waals surface area contributed by atoms with Gasteiger partial charge in [0, 0.05) is 0 Å². The van der Waals surface area contributed by atoms with Crippen LogP contribution in [0.4, 0.5) is 0 Å². The van der Waals surface area contributed by atoms with Crippen LogP contribution in [-0.4, -0.2) is 25.0 Å². The number of hydrogen-bond donors (Lipinski definition) is 0. The van der Waals surface area contributed by atoms with Gasteiger partial charge in [0.2, 0.25) is 0 Å². The van der Waals surface area contributed by atoms with Crippen molar-refractivity contribution in [2.45, 2.75) is 38.8 Å². The molecule has 1 aromatic rings. The smallest absolute Gasteiger partial charge is 0.160 e. The zero-order valence-corrected chi connectivity index (χ0v) is 12.3. The zero-order chi connectivity index (χ0) is 15.2. The molecule has 0 saturated heterocycles. The van der Waals surface area contributed by atoms with Gasteiger partial charge in [-0.1, -0.05) is 24.3 Å². The van der Waals surface area contributed by atoms with E-state index in [1.807, 2.05) is 52.0 Å². The lowest BCUT2D eigenvalue weighted by Crippen LogP contribution is -2.18. The fourth-order valence-electron chi connectivity index (χ4n) is 1.86. The highest BCUT2D eigenvalue weighted by atomic mass is 16.1. The number of aldehydes is 2. The SMILES string of the molecule is CC(C)(N=CC=O)c1cccc(C(C)(C)N=CC=O)c1. The van der Waals surface area contributed by atoms with Crippen molar-refractivity contribution in [2.75, 3.05) is 0 Å². The van der Waals surface area contributed by atoms with E-state index in [4.69, 9.17) is 0 Å². The maximum absolute atomic E-state index is 10.4. The van der Waals surface area contributed by atoms with Gasteiger partial charge in [-0.15, -0.1) is 0 Å². The third-order valence-electron chi connectivity index (χ3n) is 3.19. The minimum atomic E-state index is -0.485. The summed E-state index contributed by atoms with van der Waals surface area (Å²) in [4.78, 5) is 29.3. The molecule has 1 aromatic carbocycles. The van der Waals surface area contributed by atoms with E-state index in [-0.39, 0.29) is 0 Å². The Morgan fingerprint density at radius 3 is 1.60 bits per heavy atom. The molecular formula is C16H20N2O2. The minimum Gasteiger partial charge on any atom is -0.297 e. The molecule has 0 spiro atoms. The summed E-state index contributed by atoms with van der Waals surface area (Å²) in [6, 6.07) is 7.86. The molecular weight excluding hydrogens is 252 g/mol. The molecule has 0 amide bonds. The molecule has 1 rings (SSSR count). The molecule has 4 heteroatoms. The molecule has 0 aliphatic rings. The van der Waals surface area contributed by atoms with Crippen LogP contribution < -0.4 is 0 Å². The lowest BCUT2D eigenvalue weighted by molar-refractivity contribution is -0.103. The van der Waals surface area contributed by atoms with Crippen molar-refractivity contribution in [2.24, 2.45) is 9.98 Å². The van der Waals surface area contributed by atoms with Gasteiger partial charge in [-0.05, 0) is 38.8 Å². The van der Waals surface area contributed by atoms with E-state index in [0.717, 1.165) is 11.1 Å². The van der Waals surface area contributed by atoms with Gasteiger partial charge in [0.05, 0.1) is 23.5 Å². The van der Waals surface area contributed by atoms with Crippen LogP contribution in [0.1, 0.15) is 38.8 Å². The summed E-state index contributed by atoms with van der Waals surface area (Å²) in [5.74, 6) is 0.